The van der Waals surface area contributed by atoms with E-state index in [2.05, 4.69) is 42.2 Å². The van der Waals surface area contributed by atoms with Gasteiger partial charge in [0.15, 0.2) is 0 Å². The van der Waals surface area contributed by atoms with Crippen LogP contribution < -0.4 is 0 Å². The van der Waals surface area contributed by atoms with Gasteiger partial charge in [-0.15, -0.1) is 11.6 Å². The summed E-state index contributed by atoms with van der Waals surface area (Å²) in [7, 11) is 0. The van der Waals surface area contributed by atoms with Crippen LogP contribution in [-0.2, 0) is 6.54 Å². The molecule has 0 aliphatic carbocycles. The van der Waals surface area contributed by atoms with Gasteiger partial charge in [-0.25, -0.2) is 0 Å². The summed E-state index contributed by atoms with van der Waals surface area (Å²) < 4.78 is 0. The van der Waals surface area contributed by atoms with Crippen molar-refractivity contribution in [3.05, 3.63) is 35.9 Å². The lowest BCUT2D eigenvalue weighted by molar-refractivity contribution is 0.0178. The molecule has 0 bridgehead atoms. The molecule has 0 unspecified atom stereocenters. The Bertz CT molecular complexity index is 289. The third-order valence-electron chi connectivity index (χ3n) is 3.34. The number of benzene rings is 1. The van der Waals surface area contributed by atoms with Crippen LogP contribution in [0.25, 0.3) is 0 Å². The standard InChI is InChI=1S/C13H18ClN/c1-2-12-8-13(9-14)15(12)10-11-6-4-3-5-7-11/h3-7,12-13H,2,8-10H2,1H3/t12-,13-/m0/s1. The number of nitrogens with zero attached hydrogens (tertiary/aromatic N) is 1. The Labute approximate surface area is 97.0 Å². The third-order valence-corrected chi connectivity index (χ3v) is 3.70. The zero-order valence-electron chi connectivity index (χ0n) is 9.20. The van der Waals surface area contributed by atoms with E-state index in [-0.39, 0.29) is 0 Å². The largest absolute Gasteiger partial charge is 0.292 e. The lowest BCUT2D eigenvalue weighted by Crippen LogP contribution is -2.55. The van der Waals surface area contributed by atoms with Crippen LogP contribution in [-0.4, -0.2) is 22.9 Å². The van der Waals surface area contributed by atoms with Crippen molar-refractivity contribution in [3.63, 3.8) is 0 Å². The van der Waals surface area contributed by atoms with Crippen molar-refractivity contribution >= 4 is 11.6 Å². The molecule has 1 fully saturated rings. The van der Waals surface area contributed by atoms with Gasteiger partial charge >= 0.3 is 0 Å². The summed E-state index contributed by atoms with van der Waals surface area (Å²) in [5.41, 5.74) is 1.39. The van der Waals surface area contributed by atoms with Gasteiger partial charge in [-0.3, -0.25) is 4.90 Å². The number of halogens is 1. The van der Waals surface area contributed by atoms with Gasteiger partial charge in [0.05, 0.1) is 0 Å². The fourth-order valence-corrected chi connectivity index (χ4v) is 2.65. The highest BCUT2D eigenvalue weighted by molar-refractivity contribution is 6.18. The van der Waals surface area contributed by atoms with Crippen molar-refractivity contribution in [2.45, 2.75) is 38.4 Å². The first-order valence-electron chi connectivity index (χ1n) is 5.70. The quantitative estimate of drug-likeness (QED) is 0.709. The lowest BCUT2D eigenvalue weighted by atomic mass is 9.91. The molecule has 1 aromatic rings. The topological polar surface area (TPSA) is 3.24 Å². The molecular formula is C13H18ClN. The van der Waals surface area contributed by atoms with Crippen molar-refractivity contribution in [1.82, 2.24) is 4.90 Å². The summed E-state index contributed by atoms with van der Waals surface area (Å²) in [6, 6.07) is 12.0. The number of rotatable bonds is 4. The number of likely N-dealkylation sites (tertiary alicyclic amines) is 1. The maximum Gasteiger partial charge on any atom is 0.0380 e. The molecular weight excluding hydrogens is 206 g/mol. The second-order valence-corrected chi connectivity index (χ2v) is 4.57. The Morgan fingerprint density at radius 1 is 1.27 bits per heavy atom. The van der Waals surface area contributed by atoms with Gasteiger partial charge in [-0.1, -0.05) is 37.3 Å². The highest BCUT2D eigenvalue weighted by Crippen LogP contribution is 2.30. The maximum absolute atomic E-state index is 5.94. The van der Waals surface area contributed by atoms with Crippen molar-refractivity contribution in [1.29, 1.82) is 0 Å². The predicted octanol–water partition coefficient (Wildman–Crippen LogP) is 3.28. The van der Waals surface area contributed by atoms with Gasteiger partial charge < -0.3 is 0 Å². The molecule has 0 N–H and O–H groups in total. The predicted molar refractivity (Wildman–Crippen MR) is 65.2 cm³/mol. The van der Waals surface area contributed by atoms with Crippen LogP contribution in [0.3, 0.4) is 0 Å². The minimum atomic E-state index is 0.594. The minimum absolute atomic E-state index is 0.594. The number of hydrogen-bond acceptors (Lipinski definition) is 1. The van der Waals surface area contributed by atoms with E-state index >= 15 is 0 Å². The van der Waals surface area contributed by atoms with Crippen molar-refractivity contribution in [2.24, 2.45) is 0 Å². The molecule has 1 nitrogen and oxygen atoms in total. The summed E-state index contributed by atoms with van der Waals surface area (Å²) >= 11 is 5.94. The van der Waals surface area contributed by atoms with Gasteiger partial charge in [0, 0.05) is 24.5 Å². The SMILES string of the molecule is CC[C@H]1C[C@@H](CCl)N1Cc1ccccc1. The molecule has 0 radical (unpaired) electrons. The van der Waals surface area contributed by atoms with Gasteiger partial charge in [-0.05, 0) is 18.4 Å². The molecule has 0 spiro atoms. The summed E-state index contributed by atoms with van der Waals surface area (Å²) in [5.74, 6) is 0.767. The highest BCUT2D eigenvalue weighted by atomic mass is 35.5. The van der Waals surface area contributed by atoms with Crippen LogP contribution in [0.5, 0.6) is 0 Å². The fourth-order valence-electron chi connectivity index (χ4n) is 2.35. The molecule has 1 heterocycles. The minimum Gasteiger partial charge on any atom is -0.292 e. The van der Waals surface area contributed by atoms with Crippen LogP contribution in [0.15, 0.2) is 30.3 Å². The van der Waals surface area contributed by atoms with Crippen LogP contribution in [0, 0.1) is 0 Å². The third kappa shape index (κ3) is 2.35. The van der Waals surface area contributed by atoms with E-state index in [1.54, 1.807) is 0 Å². The van der Waals surface area contributed by atoms with Gasteiger partial charge in [0.2, 0.25) is 0 Å². The molecule has 1 aromatic carbocycles. The zero-order chi connectivity index (χ0) is 10.7. The van der Waals surface area contributed by atoms with E-state index in [1.165, 1.54) is 18.4 Å². The Balaban J connectivity index is 1.98. The number of alkyl halides is 1. The number of hydrogen-bond donors (Lipinski definition) is 0. The molecule has 82 valence electrons. The molecule has 1 aliphatic rings. The van der Waals surface area contributed by atoms with Gasteiger partial charge in [0.25, 0.3) is 0 Å². The van der Waals surface area contributed by atoms with Crippen LogP contribution in [0.1, 0.15) is 25.3 Å². The normalized spacial score (nSPS) is 26.3. The van der Waals surface area contributed by atoms with E-state index < -0.39 is 0 Å². The van der Waals surface area contributed by atoms with E-state index in [0.717, 1.165) is 18.5 Å². The first-order valence-corrected chi connectivity index (χ1v) is 6.24. The maximum atomic E-state index is 5.94. The lowest BCUT2D eigenvalue weighted by Gasteiger charge is -2.48. The Hall–Kier alpha value is -0.530. The summed E-state index contributed by atoms with van der Waals surface area (Å²) in [4.78, 5) is 2.53. The summed E-state index contributed by atoms with van der Waals surface area (Å²) in [6.07, 6.45) is 2.51. The molecule has 2 rings (SSSR count). The van der Waals surface area contributed by atoms with Crippen molar-refractivity contribution < 1.29 is 0 Å². The Morgan fingerprint density at radius 2 is 2.00 bits per heavy atom. The first-order chi connectivity index (χ1) is 7.35. The van der Waals surface area contributed by atoms with E-state index in [1.807, 2.05) is 0 Å². The monoisotopic (exact) mass is 223 g/mol. The smallest absolute Gasteiger partial charge is 0.0380 e. The van der Waals surface area contributed by atoms with Crippen molar-refractivity contribution in [2.75, 3.05) is 5.88 Å². The summed E-state index contributed by atoms with van der Waals surface area (Å²) in [5, 5.41) is 0. The van der Waals surface area contributed by atoms with Gasteiger partial charge in [0.1, 0.15) is 0 Å². The van der Waals surface area contributed by atoms with Crippen LogP contribution >= 0.6 is 11.6 Å². The van der Waals surface area contributed by atoms with Crippen molar-refractivity contribution in [3.8, 4) is 0 Å². The average molecular weight is 224 g/mol. The molecule has 2 atom stereocenters. The molecule has 2 heteroatoms. The summed E-state index contributed by atoms with van der Waals surface area (Å²) in [6.45, 7) is 3.31. The van der Waals surface area contributed by atoms with Crippen LogP contribution in [0.4, 0.5) is 0 Å². The molecule has 0 saturated carbocycles. The molecule has 1 saturated heterocycles. The first kappa shape index (κ1) is 11.0. The van der Waals surface area contributed by atoms with E-state index in [4.69, 9.17) is 11.6 Å². The van der Waals surface area contributed by atoms with Gasteiger partial charge in [-0.2, -0.15) is 0 Å². The molecule has 0 amide bonds. The Morgan fingerprint density at radius 3 is 2.60 bits per heavy atom. The second-order valence-electron chi connectivity index (χ2n) is 4.26. The van der Waals surface area contributed by atoms with E-state index in [9.17, 15) is 0 Å². The Kier molecular flexibility index (Phi) is 3.66. The molecule has 0 aromatic heterocycles. The highest BCUT2D eigenvalue weighted by Gasteiger charge is 2.35. The van der Waals surface area contributed by atoms with E-state index in [0.29, 0.717) is 6.04 Å². The molecule has 1 aliphatic heterocycles. The molecule has 15 heavy (non-hydrogen) atoms. The fraction of sp³-hybridized carbons (Fsp3) is 0.538. The van der Waals surface area contributed by atoms with Crippen LogP contribution in [0.2, 0.25) is 0 Å². The average Bonchev–Trinajstić information content (AvgIpc) is 2.27. The second kappa shape index (κ2) is 5.00. The zero-order valence-corrected chi connectivity index (χ0v) is 9.95.